The van der Waals surface area contributed by atoms with Crippen LogP contribution in [0.25, 0.3) is 0 Å². The average Bonchev–Trinajstić information content (AvgIpc) is 3.13. The van der Waals surface area contributed by atoms with E-state index in [1.807, 2.05) is 23.6 Å². The molecule has 0 saturated heterocycles. The first-order valence-electron chi connectivity index (χ1n) is 7.71. The van der Waals surface area contributed by atoms with Crippen LogP contribution in [0.2, 0.25) is 0 Å². The SMILES string of the molecule is C[C@H](Oc1ccc(C#N)cc1)C(=O)OCC(=O)NCCc1cccs1. The predicted octanol–water partition coefficient (Wildman–Crippen LogP) is 2.29. The Labute approximate surface area is 150 Å². The van der Waals surface area contributed by atoms with E-state index in [2.05, 4.69) is 5.32 Å². The first-order chi connectivity index (χ1) is 12.1. The van der Waals surface area contributed by atoms with Gasteiger partial charge in [-0.05, 0) is 49.1 Å². The number of esters is 1. The van der Waals surface area contributed by atoms with Gasteiger partial charge in [-0.1, -0.05) is 6.07 Å². The number of hydrogen-bond donors (Lipinski definition) is 1. The molecule has 130 valence electrons. The quantitative estimate of drug-likeness (QED) is 0.732. The average molecular weight is 358 g/mol. The summed E-state index contributed by atoms with van der Waals surface area (Å²) in [6.45, 7) is 1.69. The summed E-state index contributed by atoms with van der Waals surface area (Å²) in [5.41, 5.74) is 0.502. The smallest absolute Gasteiger partial charge is 0.347 e. The maximum absolute atomic E-state index is 11.9. The number of rotatable bonds is 8. The Morgan fingerprint density at radius 1 is 1.28 bits per heavy atom. The number of thiophene rings is 1. The van der Waals surface area contributed by atoms with Crippen LogP contribution in [0.1, 0.15) is 17.4 Å². The van der Waals surface area contributed by atoms with Crippen molar-refractivity contribution in [2.24, 2.45) is 0 Å². The topological polar surface area (TPSA) is 88.4 Å². The fraction of sp³-hybridized carbons (Fsp3) is 0.278. The van der Waals surface area contributed by atoms with Crippen LogP contribution in [0.15, 0.2) is 41.8 Å². The zero-order valence-electron chi connectivity index (χ0n) is 13.7. The molecule has 0 fully saturated rings. The molecular formula is C18H18N2O4S. The van der Waals surface area contributed by atoms with E-state index in [1.165, 1.54) is 11.8 Å². The second kappa shape index (κ2) is 9.45. The van der Waals surface area contributed by atoms with Crippen LogP contribution in [0, 0.1) is 11.3 Å². The van der Waals surface area contributed by atoms with Gasteiger partial charge in [-0.2, -0.15) is 5.26 Å². The molecule has 7 heteroatoms. The maximum atomic E-state index is 11.9. The fourth-order valence-corrected chi connectivity index (χ4v) is 2.65. The minimum atomic E-state index is -0.855. The molecule has 2 aromatic rings. The first kappa shape index (κ1) is 18.5. The molecule has 1 atom stereocenters. The highest BCUT2D eigenvalue weighted by atomic mass is 32.1. The Kier molecular flexibility index (Phi) is 6.99. The van der Waals surface area contributed by atoms with E-state index in [1.54, 1.807) is 35.6 Å². The summed E-state index contributed by atoms with van der Waals surface area (Å²) in [6.07, 6.45) is -0.109. The minimum Gasteiger partial charge on any atom is -0.479 e. The van der Waals surface area contributed by atoms with Gasteiger partial charge >= 0.3 is 5.97 Å². The van der Waals surface area contributed by atoms with Crippen LogP contribution in [0.5, 0.6) is 5.75 Å². The van der Waals surface area contributed by atoms with Crippen LogP contribution in [-0.2, 0) is 20.7 Å². The van der Waals surface area contributed by atoms with E-state index in [-0.39, 0.29) is 12.5 Å². The second-order valence-corrected chi connectivity index (χ2v) is 6.22. The number of hydrogen-bond acceptors (Lipinski definition) is 6. The molecule has 0 unspecified atom stereocenters. The lowest BCUT2D eigenvalue weighted by Gasteiger charge is -2.14. The van der Waals surface area contributed by atoms with Gasteiger partial charge in [0.05, 0.1) is 11.6 Å². The molecule has 0 spiro atoms. The lowest BCUT2D eigenvalue weighted by molar-refractivity contribution is -0.154. The summed E-state index contributed by atoms with van der Waals surface area (Å²) >= 11 is 1.63. The van der Waals surface area contributed by atoms with Gasteiger partial charge in [-0.25, -0.2) is 4.79 Å². The van der Waals surface area contributed by atoms with Crippen molar-refractivity contribution in [2.45, 2.75) is 19.4 Å². The molecule has 0 aliphatic carbocycles. The number of nitrogens with zero attached hydrogens (tertiary/aromatic N) is 1. The summed E-state index contributed by atoms with van der Waals surface area (Å²) in [5.74, 6) is -0.530. The Balaban J connectivity index is 1.67. The van der Waals surface area contributed by atoms with Crippen molar-refractivity contribution in [1.82, 2.24) is 5.32 Å². The Hall–Kier alpha value is -2.85. The number of carbonyl (C=O) groups is 2. The molecule has 0 saturated carbocycles. The largest absolute Gasteiger partial charge is 0.479 e. The Morgan fingerprint density at radius 2 is 2.04 bits per heavy atom. The van der Waals surface area contributed by atoms with Crippen LogP contribution in [-0.4, -0.2) is 31.1 Å². The molecule has 1 N–H and O–H groups in total. The summed E-state index contributed by atoms with van der Waals surface area (Å²) in [7, 11) is 0. The monoisotopic (exact) mass is 358 g/mol. The molecule has 0 radical (unpaired) electrons. The van der Waals surface area contributed by atoms with E-state index in [0.717, 1.165) is 6.42 Å². The third kappa shape index (κ3) is 6.28. The van der Waals surface area contributed by atoms with Gasteiger partial charge in [-0.3, -0.25) is 4.79 Å². The highest BCUT2D eigenvalue weighted by Crippen LogP contribution is 2.14. The summed E-state index contributed by atoms with van der Waals surface area (Å²) in [4.78, 5) is 24.7. The van der Waals surface area contributed by atoms with Gasteiger partial charge in [0.1, 0.15) is 5.75 Å². The van der Waals surface area contributed by atoms with Crippen molar-refractivity contribution in [3.05, 3.63) is 52.2 Å². The van der Waals surface area contributed by atoms with Crippen molar-refractivity contribution in [2.75, 3.05) is 13.2 Å². The van der Waals surface area contributed by atoms with Crippen molar-refractivity contribution < 1.29 is 19.1 Å². The Morgan fingerprint density at radius 3 is 2.68 bits per heavy atom. The second-order valence-electron chi connectivity index (χ2n) is 5.18. The highest BCUT2D eigenvalue weighted by Gasteiger charge is 2.17. The lowest BCUT2D eigenvalue weighted by atomic mass is 10.2. The molecule has 0 bridgehead atoms. The Bertz CT molecular complexity index is 735. The van der Waals surface area contributed by atoms with E-state index >= 15 is 0 Å². The van der Waals surface area contributed by atoms with Crippen molar-refractivity contribution >= 4 is 23.2 Å². The standard InChI is InChI=1S/C18H18N2O4S/c1-13(24-15-6-4-14(11-19)5-7-15)18(22)23-12-17(21)20-9-8-16-3-2-10-25-16/h2-7,10,13H,8-9,12H2,1H3,(H,20,21)/t13-/m0/s1. The highest BCUT2D eigenvalue weighted by molar-refractivity contribution is 7.09. The van der Waals surface area contributed by atoms with Gasteiger partial charge in [0.25, 0.3) is 5.91 Å². The van der Waals surface area contributed by atoms with E-state index < -0.39 is 12.1 Å². The number of amides is 1. The zero-order valence-corrected chi connectivity index (χ0v) is 14.5. The van der Waals surface area contributed by atoms with Gasteiger partial charge in [-0.15, -0.1) is 11.3 Å². The van der Waals surface area contributed by atoms with E-state index in [9.17, 15) is 9.59 Å². The fourth-order valence-electron chi connectivity index (χ4n) is 1.95. The third-order valence-corrected chi connectivity index (χ3v) is 4.18. The van der Waals surface area contributed by atoms with Crippen molar-refractivity contribution in [1.29, 1.82) is 5.26 Å². The van der Waals surface area contributed by atoms with Crippen LogP contribution >= 0.6 is 11.3 Å². The normalized spacial score (nSPS) is 11.2. The lowest BCUT2D eigenvalue weighted by Crippen LogP contribution is -2.33. The number of ether oxygens (including phenoxy) is 2. The molecule has 0 aliphatic rings. The van der Waals surface area contributed by atoms with Gasteiger partial charge in [0.15, 0.2) is 12.7 Å². The molecule has 1 aromatic carbocycles. The molecule has 2 rings (SSSR count). The number of benzene rings is 1. The summed E-state index contributed by atoms with van der Waals surface area (Å²) in [5, 5.41) is 13.4. The number of carbonyl (C=O) groups excluding carboxylic acids is 2. The van der Waals surface area contributed by atoms with Crippen LogP contribution < -0.4 is 10.1 Å². The molecule has 1 amide bonds. The molecule has 1 heterocycles. The predicted molar refractivity (Wildman–Crippen MR) is 93.2 cm³/mol. The van der Waals surface area contributed by atoms with Gasteiger partial charge < -0.3 is 14.8 Å². The van der Waals surface area contributed by atoms with E-state index in [0.29, 0.717) is 17.9 Å². The summed E-state index contributed by atoms with van der Waals surface area (Å²) < 4.78 is 10.4. The maximum Gasteiger partial charge on any atom is 0.347 e. The third-order valence-electron chi connectivity index (χ3n) is 3.25. The van der Waals surface area contributed by atoms with Crippen LogP contribution in [0.4, 0.5) is 0 Å². The van der Waals surface area contributed by atoms with Gasteiger partial charge in [0, 0.05) is 11.4 Å². The van der Waals surface area contributed by atoms with E-state index in [4.69, 9.17) is 14.7 Å². The number of nitriles is 1. The van der Waals surface area contributed by atoms with Crippen molar-refractivity contribution in [3.63, 3.8) is 0 Å². The molecule has 6 nitrogen and oxygen atoms in total. The summed E-state index contributed by atoms with van der Waals surface area (Å²) in [6, 6.07) is 12.3. The zero-order chi connectivity index (χ0) is 18.1. The number of nitrogens with one attached hydrogen (secondary N) is 1. The first-order valence-corrected chi connectivity index (χ1v) is 8.59. The molecular weight excluding hydrogens is 340 g/mol. The molecule has 0 aliphatic heterocycles. The minimum absolute atomic E-state index is 0.343. The molecule has 1 aromatic heterocycles. The van der Waals surface area contributed by atoms with Crippen molar-refractivity contribution in [3.8, 4) is 11.8 Å². The van der Waals surface area contributed by atoms with Crippen LogP contribution in [0.3, 0.4) is 0 Å². The molecule has 25 heavy (non-hydrogen) atoms. The van der Waals surface area contributed by atoms with Gasteiger partial charge in [0.2, 0.25) is 0 Å².